The summed E-state index contributed by atoms with van der Waals surface area (Å²) >= 11 is 1.40. The van der Waals surface area contributed by atoms with Gasteiger partial charge < -0.3 is 4.90 Å². The predicted molar refractivity (Wildman–Crippen MR) is 123 cm³/mol. The number of carbonyl (C=O) groups is 1. The molecule has 6 heteroatoms. The van der Waals surface area contributed by atoms with Crippen molar-refractivity contribution in [2.24, 2.45) is 0 Å². The van der Waals surface area contributed by atoms with E-state index in [0.29, 0.717) is 5.69 Å². The lowest BCUT2D eigenvalue weighted by atomic mass is 10.1. The maximum Gasteiger partial charge on any atom is 0.237 e. The number of aromatic nitrogens is 2. The van der Waals surface area contributed by atoms with Gasteiger partial charge in [-0.3, -0.25) is 4.79 Å². The zero-order chi connectivity index (χ0) is 21.4. The van der Waals surface area contributed by atoms with Crippen molar-refractivity contribution in [1.29, 1.82) is 0 Å². The van der Waals surface area contributed by atoms with Crippen LogP contribution in [-0.2, 0) is 11.2 Å². The summed E-state index contributed by atoms with van der Waals surface area (Å²) < 4.78 is 13.3. The van der Waals surface area contributed by atoms with Crippen LogP contribution >= 0.6 is 11.8 Å². The van der Waals surface area contributed by atoms with Crippen LogP contribution in [0, 0.1) is 5.82 Å². The molecule has 31 heavy (non-hydrogen) atoms. The number of benzene rings is 3. The number of carbonyl (C=O) groups excluding carboxylic acids is 1. The van der Waals surface area contributed by atoms with E-state index < -0.39 is 0 Å². The topological polar surface area (TPSA) is 46.1 Å². The van der Waals surface area contributed by atoms with Crippen LogP contribution in [-0.4, -0.2) is 27.9 Å². The molecule has 2 heterocycles. The predicted octanol–water partition coefficient (Wildman–Crippen LogP) is 5.51. The van der Waals surface area contributed by atoms with Crippen molar-refractivity contribution in [1.82, 2.24) is 10.2 Å². The molecule has 4 nitrogen and oxygen atoms in total. The molecule has 0 bridgehead atoms. The number of nitrogens with zero attached hydrogens (tertiary/aromatic N) is 3. The van der Waals surface area contributed by atoms with Gasteiger partial charge in [-0.15, -0.1) is 10.2 Å². The maximum absolute atomic E-state index is 13.3. The standard InChI is InChI=1S/C25H20FN3OS/c1-16-14-18-6-2-5-9-22(18)29(16)23(30)15-31-25-21-8-4-3-7-20(21)24(27-28-25)17-10-12-19(26)13-11-17/h2-13,16H,14-15H2,1H3. The van der Waals surface area contributed by atoms with E-state index in [1.165, 1.54) is 29.5 Å². The van der Waals surface area contributed by atoms with Gasteiger partial charge in [-0.2, -0.15) is 0 Å². The van der Waals surface area contributed by atoms with E-state index in [0.717, 1.165) is 33.5 Å². The highest BCUT2D eigenvalue weighted by atomic mass is 32.2. The van der Waals surface area contributed by atoms with Gasteiger partial charge in [-0.1, -0.05) is 54.2 Å². The van der Waals surface area contributed by atoms with E-state index in [4.69, 9.17) is 0 Å². The third-order valence-electron chi connectivity index (χ3n) is 5.58. The Balaban J connectivity index is 1.42. The Labute approximate surface area is 184 Å². The minimum Gasteiger partial charge on any atom is -0.308 e. The molecule has 1 atom stereocenters. The van der Waals surface area contributed by atoms with Gasteiger partial charge in [-0.05, 0) is 49.2 Å². The number of thioether (sulfide) groups is 1. The van der Waals surface area contributed by atoms with Gasteiger partial charge in [0.15, 0.2) is 0 Å². The van der Waals surface area contributed by atoms with E-state index in [1.54, 1.807) is 12.1 Å². The quantitative estimate of drug-likeness (QED) is 0.402. The smallest absolute Gasteiger partial charge is 0.237 e. The highest BCUT2D eigenvalue weighted by Gasteiger charge is 2.30. The maximum atomic E-state index is 13.3. The number of hydrogen-bond donors (Lipinski definition) is 0. The molecule has 0 radical (unpaired) electrons. The zero-order valence-corrected chi connectivity index (χ0v) is 17.8. The average molecular weight is 430 g/mol. The first-order chi connectivity index (χ1) is 15.1. The summed E-state index contributed by atoms with van der Waals surface area (Å²) in [6.07, 6.45) is 0.877. The van der Waals surface area contributed by atoms with E-state index in [1.807, 2.05) is 47.4 Å². The van der Waals surface area contributed by atoms with Crippen molar-refractivity contribution in [3.63, 3.8) is 0 Å². The number of para-hydroxylation sites is 1. The van der Waals surface area contributed by atoms with E-state index in [-0.39, 0.29) is 23.5 Å². The molecule has 0 spiro atoms. The molecule has 3 aromatic carbocycles. The van der Waals surface area contributed by atoms with Gasteiger partial charge in [0, 0.05) is 28.1 Å². The number of halogens is 1. The van der Waals surface area contributed by atoms with Crippen molar-refractivity contribution in [2.75, 3.05) is 10.7 Å². The van der Waals surface area contributed by atoms with Crippen LogP contribution in [0.2, 0.25) is 0 Å². The fourth-order valence-electron chi connectivity index (χ4n) is 4.15. The first-order valence-electron chi connectivity index (χ1n) is 10.2. The Kier molecular flexibility index (Phi) is 5.16. The molecule has 154 valence electrons. The summed E-state index contributed by atoms with van der Waals surface area (Å²) in [5.74, 6) is 0.0631. The lowest BCUT2D eigenvalue weighted by molar-refractivity contribution is -0.116. The lowest BCUT2D eigenvalue weighted by Crippen LogP contribution is -2.37. The highest BCUT2D eigenvalue weighted by Crippen LogP contribution is 2.35. The van der Waals surface area contributed by atoms with Crippen LogP contribution in [0.3, 0.4) is 0 Å². The summed E-state index contributed by atoms with van der Waals surface area (Å²) in [7, 11) is 0. The normalized spacial score (nSPS) is 15.3. The Morgan fingerprint density at radius 1 is 1.00 bits per heavy atom. The molecular weight excluding hydrogens is 409 g/mol. The Morgan fingerprint density at radius 3 is 2.52 bits per heavy atom. The number of hydrogen-bond acceptors (Lipinski definition) is 4. The third-order valence-corrected chi connectivity index (χ3v) is 6.55. The average Bonchev–Trinajstić information content (AvgIpc) is 3.13. The fraction of sp³-hybridized carbons (Fsp3) is 0.160. The Morgan fingerprint density at radius 2 is 1.71 bits per heavy atom. The second kappa shape index (κ2) is 8.12. The highest BCUT2D eigenvalue weighted by molar-refractivity contribution is 8.00. The van der Waals surface area contributed by atoms with Crippen molar-refractivity contribution in [3.8, 4) is 11.3 Å². The van der Waals surface area contributed by atoms with Crippen LogP contribution in [0.25, 0.3) is 22.0 Å². The monoisotopic (exact) mass is 429 g/mol. The van der Waals surface area contributed by atoms with Crippen LogP contribution < -0.4 is 4.90 Å². The van der Waals surface area contributed by atoms with Crippen molar-refractivity contribution < 1.29 is 9.18 Å². The van der Waals surface area contributed by atoms with Gasteiger partial charge in [0.25, 0.3) is 0 Å². The van der Waals surface area contributed by atoms with Gasteiger partial charge in [-0.25, -0.2) is 4.39 Å². The van der Waals surface area contributed by atoms with Gasteiger partial charge in [0.2, 0.25) is 5.91 Å². The third kappa shape index (κ3) is 3.68. The van der Waals surface area contributed by atoms with E-state index in [2.05, 4.69) is 23.2 Å². The minimum absolute atomic E-state index is 0.0657. The number of rotatable bonds is 4. The fourth-order valence-corrected chi connectivity index (χ4v) is 4.98. The summed E-state index contributed by atoms with van der Waals surface area (Å²) in [5, 5.41) is 11.4. The van der Waals surface area contributed by atoms with E-state index >= 15 is 0 Å². The Bertz CT molecular complexity index is 1280. The summed E-state index contributed by atoms with van der Waals surface area (Å²) in [4.78, 5) is 15.0. The molecule has 5 rings (SSSR count). The molecule has 0 saturated heterocycles. The lowest BCUT2D eigenvalue weighted by Gasteiger charge is -2.22. The molecule has 1 unspecified atom stereocenters. The second-order valence-corrected chi connectivity index (χ2v) is 8.60. The number of amides is 1. The second-order valence-electron chi connectivity index (χ2n) is 7.64. The minimum atomic E-state index is -0.288. The van der Waals surface area contributed by atoms with Crippen LogP contribution in [0.4, 0.5) is 10.1 Å². The van der Waals surface area contributed by atoms with Gasteiger partial charge in [0.1, 0.15) is 16.5 Å². The van der Waals surface area contributed by atoms with Crippen molar-refractivity contribution >= 4 is 34.1 Å². The summed E-state index contributed by atoms with van der Waals surface area (Å²) in [5.41, 5.74) is 3.72. The summed E-state index contributed by atoms with van der Waals surface area (Å²) in [6.45, 7) is 2.08. The zero-order valence-electron chi connectivity index (χ0n) is 17.0. The van der Waals surface area contributed by atoms with Gasteiger partial charge in [0.05, 0.1) is 5.75 Å². The molecule has 0 N–H and O–H groups in total. The molecule has 0 fully saturated rings. The molecule has 0 saturated carbocycles. The molecule has 1 aliphatic rings. The van der Waals surface area contributed by atoms with Gasteiger partial charge >= 0.3 is 0 Å². The number of anilines is 1. The Hall–Kier alpha value is -3.25. The molecule has 0 aliphatic carbocycles. The van der Waals surface area contributed by atoms with Crippen LogP contribution in [0.5, 0.6) is 0 Å². The van der Waals surface area contributed by atoms with Crippen molar-refractivity contribution in [2.45, 2.75) is 24.4 Å². The van der Waals surface area contributed by atoms with Crippen LogP contribution in [0.15, 0.2) is 77.8 Å². The summed E-state index contributed by atoms with van der Waals surface area (Å²) in [6, 6.07) is 22.3. The largest absolute Gasteiger partial charge is 0.308 e. The SMILES string of the molecule is CC1Cc2ccccc2N1C(=O)CSc1nnc(-c2ccc(F)cc2)c2ccccc12. The van der Waals surface area contributed by atoms with Crippen molar-refractivity contribution in [3.05, 3.63) is 84.2 Å². The molecule has 1 amide bonds. The van der Waals surface area contributed by atoms with E-state index in [9.17, 15) is 9.18 Å². The first kappa shape index (κ1) is 19.7. The number of fused-ring (bicyclic) bond motifs is 2. The molecule has 1 aliphatic heterocycles. The molecule has 1 aromatic heterocycles. The molecule has 4 aromatic rings. The first-order valence-corrected chi connectivity index (χ1v) is 11.1. The molecular formula is C25H20FN3OS. The van der Waals surface area contributed by atoms with Crippen LogP contribution in [0.1, 0.15) is 12.5 Å².